The highest BCUT2D eigenvalue weighted by molar-refractivity contribution is 5.91. The standard InChI is InChI=1S/C20H25NO3/c1-14(2)12-23-18-9-6-17(7-10-18)21-20(22)13-24-19-8-5-15(3)16(4)11-19/h5-11,14H,12-13H2,1-4H3,(H,21,22). The number of nitrogens with one attached hydrogen (secondary N) is 1. The van der Waals surface area contributed by atoms with Crippen LogP contribution in [0.3, 0.4) is 0 Å². The Morgan fingerprint density at radius 3 is 2.25 bits per heavy atom. The van der Waals surface area contributed by atoms with E-state index in [0.29, 0.717) is 18.3 Å². The first-order chi connectivity index (χ1) is 11.4. The second-order valence-electron chi connectivity index (χ2n) is 6.31. The quantitative estimate of drug-likeness (QED) is 0.822. The van der Waals surface area contributed by atoms with Gasteiger partial charge in [-0.1, -0.05) is 19.9 Å². The molecule has 0 atom stereocenters. The van der Waals surface area contributed by atoms with Gasteiger partial charge < -0.3 is 14.8 Å². The normalized spacial score (nSPS) is 10.5. The summed E-state index contributed by atoms with van der Waals surface area (Å²) >= 11 is 0. The Hall–Kier alpha value is -2.49. The molecule has 0 aromatic heterocycles. The Bertz CT molecular complexity index is 678. The lowest BCUT2D eigenvalue weighted by Gasteiger charge is -2.11. The number of carbonyl (C=O) groups excluding carboxylic acids is 1. The van der Waals surface area contributed by atoms with Gasteiger partial charge in [-0.2, -0.15) is 0 Å². The first kappa shape index (κ1) is 17.9. The molecule has 4 nitrogen and oxygen atoms in total. The molecule has 1 N–H and O–H groups in total. The molecular formula is C20H25NO3. The molecule has 0 aliphatic carbocycles. The van der Waals surface area contributed by atoms with Gasteiger partial charge in [0.2, 0.25) is 0 Å². The molecule has 24 heavy (non-hydrogen) atoms. The fraction of sp³-hybridized carbons (Fsp3) is 0.350. The Balaban J connectivity index is 1.82. The summed E-state index contributed by atoms with van der Waals surface area (Å²) < 4.78 is 11.1. The minimum absolute atomic E-state index is 0.0197. The van der Waals surface area contributed by atoms with Crippen LogP contribution in [0.4, 0.5) is 5.69 Å². The molecule has 2 aromatic carbocycles. The van der Waals surface area contributed by atoms with Gasteiger partial charge in [0.25, 0.3) is 5.91 Å². The fourth-order valence-electron chi connectivity index (χ4n) is 2.05. The van der Waals surface area contributed by atoms with Crippen molar-refractivity contribution >= 4 is 11.6 Å². The zero-order valence-corrected chi connectivity index (χ0v) is 14.8. The second-order valence-corrected chi connectivity index (χ2v) is 6.31. The first-order valence-corrected chi connectivity index (χ1v) is 8.17. The van der Waals surface area contributed by atoms with Crippen LogP contribution in [0.5, 0.6) is 11.5 Å². The predicted octanol–water partition coefficient (Wildman–Crippen LogP) is 4.36. The highest BCUT2D eigenvalue weighted by atomic mass is 16.5. The molecule has 1 amide bonds. The third-order valence-corrected chi connectivity index (χ3v) is 3.57. The summed E-state index contributed by atoms with van der Waals surface area (Å²) in [6, 6.07) is 13.1. The average molecular weight is 327 g/mol. The van der Waals surface area contributed by atoms with Gasteiger partial charge in [0.1, 0.15) is 11.5 Å². The van der Waals surface area contributed by atoms with Gasteiger partial charge in [0.15, 0.2) is 6.61 Å². The molecule has 0 unspecified atom stereocenters. The summed E-state index contributed by atoms with van der Waals surface area (Å²) in [5, 5.41) is 2.81. The van der Waals surface area contributed by atoms with E-state index in [2.05, 4.69) is 19.2 Å². The summed E-state index contributed by atoms with van der Waals surface area (Å²) in [6.45, 7) is 8.92. The van der Waals surface area contributed by atoms with Crippen molar-refractivity contribution in [1.29, 1.82) is 0 Å². The van der Waals surface area contributed by atoms with Gasteiger partial charge in [-0.05, 0) is 67.3 Å². The second kappa shape index (κ2) is 8.39. The van der Waals surface area contributed by atoms with Gasteiger partial charge in [-0.3, -0.25) is 4.79 Å². The molecule has 0 heterocycles. The van der Waals surface area contributed by atoms with Crippen LogP contribution in [-0.4, -0.2) is 19.1 Å². The summed E-state index contributed by atoms with van der Waals surface area (Å²) in [5.74, 6) is 1.79. The zero-order valence-electron chi connectivity index (χ0n) is 14.8. The summed E-state index contributed by atoms with van der Waals surface area (Å²) in [5.41, 5.74) is 3.07. The van der Waals surface area contributed by atoms with Crippen LogP contribution in [0.15, 0.2) is 42.5 Å². The number of amides is 1. The maximum Gasteiger partial charge on any atom is 0.262 e. The first-order valence-electron chi connectivity index (χ1n) is 8.17. The average Bonchev–Trinajstić information content (AvgIpc) is 2.55. The number of rotatable bonds is 7. The lowest BCUT2D eigenvalue weighted by atomic mass is 10.1. The number of anilines is 1. The Kier molecular flexibility index (Phi) is 6.24. The van der Waals surface area contributed by atoms with Crippen molar-refractivity contribution in [2.24, 2.45) is 5.92 Å². The van der Waals surface area contributed by atoms with Crippen LogP contribution in [0.2, 0.25) is 0 Å². The van der Waals surface area contributed by atoms with E-state index in [1.807, 2.05) is 56.3 Å². The maximum absolute atomic E-state index is 12.0. The van der Waals surface area contributed by atoms with Crippen molar-refractivity contribution in [3.05, 3.63) is 53.6 Å². The minimum Gasteiger partial charge on any atom is -0.493 e. The Labute approximate surface area is 143 Å². The molecule has 0 spiro atoms. The van der Waals surface area contributed by atoms with Crippen LogP contribution in [0, 0.1) is 19.8 Å². The largest absolute Gasteiger partial charge is 0.493 e. The molecule has 2 rings (SSSR count). The van der Waals surface area contributed by atoms with Crippen LogP contribution in [0.1, 0.15) is 25.0 Å². The zero-order chi connectivity index (χ0) is 17.5. The lowest BCUT2D eigenvalue weighted by Crippen LogP contribution is -2.20. The number of carbonyl (C=O) groups is 1. The topological polar surface area (TPSA) is 47.6 Å². The smallest absolute Gasteiger partial charge is 0.262 e. The van der Waals surface area contributed by atoms with Gasteiger partial charge in [-0.25, -0.2) is 0 Å². The highest BCUT2D eigenvalue weighted by Gasteiger charge is 2.05. The monoisotopic (exact) mass is 327 g/mol. The van der Waals surface area contributed by atoms with Gasteiger partial charge in [0, 0.05) is 5.69 Å². The van der Waals surface area contributed by atoms with Gasteiger partial charge in [-0.15, -0.1) is 0 Å². The molecule has 0 saturated heterocycles. The summed E-state index contributed by atoms with van der Waals surface area (Å²) in [4.78, 5) is 12.0. The van der Waals surface area contributed by atoms with Gasteiger partial charge in [0.05, 0.1) is 6.61 Å². The summed E-state index contributed by atoms with van der Waals surface area (Å²) in [6.07, 6.45) is 0. The predicted molar refractivity (Wildman–Crippen MR) is 96.8 cm³/mol. The van der Waals surface area contributed by atoms with Crippen molar-refractivity contribution < 1.29 is 14.3 Å². The van der Waals surface area contributed by atoms with Crippen molar-refractivity contribution in [2.45, 2.75) is 27.7 Å². The third-order valence-electron chi connectivity index (χ3n) is 3.57. The molecule has 0 saturated carbocycles. The molecular weight excluding hydrogens is 302 g/mol. The van der Waals surface area contributed by atoms with Crippen LogP contribution >= 0.6 is 0 Å². The fourth-order valence-corrected chi connectivity index (χ4v) is 2.05. The number of hydrogen-bond donors (Lipinski definition) is 1. The van der Waals surface area contributed by atoms with E-state index in [1.165, 1.54) is 5.56 Å². The minimum atomic E-state index is -0.191. The molecule has 0 fully saturated rings. The van der Waals surface area contributed by atoms with E-state index in [4.69, 9.17) is 9.47 Å². The van der Waals surface area contributed by atoms with E-state index < -0.39 is 0 Å². The Morgan fingerprint density at radius 2 is 1.62 bits per heavy atom. The molecule has 0 radical (unpaired) electrons. The van der Waals surface area contributed by atoms with E-state index in [9.17, 15) is 4.79 Å². The SMILES string of the molecule is Cc1ccc(OCC(=O)Nc2ccc(OCC(C)C)cc2)cc1C. The Morgan fingerprint density at radius 1 is 0.958 bits per heavy atom. The van der Waals surface area contributed by atoms with E-state index >= 15 is 0 Å². The van der Waals surface area contributed by atoms with Gasteiger partial charge >= 0.3 is 0 Å². The molecule has 2 aromatic rings. The van der Waals surface area contributed by atoms with Crippen molar-refractivity contribution in [2.75, 3.05) is 18.5 Å². The van der Waals surface area contributed by atoms with Crippen LogP contribution < -0.4 is 14.8 Å². The summed E-state index contributed by atoms with van der Waals surface area (Å²) in [7, 11) is 0. The molecule has 0 aliphatic rings. The molecule has 0 bridgehead atoms. The third kappa shape index (κ3) is 5.61. The van der Waals surface area contributed by atoms with E-state index in [0.717, 1.165) is 17.0 Å². The number of benzene rings is 2. The lowest BCUT2D eigenvalue weighted by molar-refractivity contribution is -0.118. The molecule has 4 heteroatoms. The van der Waals surface area contributed by atoms with E-state index in [1.54, 1.807) is 0 Å². The maximum atomic E-state index is 12.0. The molecule has 0 aliphatic heterocycles. The highest BCUT2D eigenvalue weighted by Crippen LogP contribution is 2.18. The van der Waals surface area contributed by atoms with Crippen LogP contribution in [-0.2, 0) is 4.79 Å². The van der Waals surface area contributed by atoms with Crippen molar-refractivity contribution in [3.8, 4) is 11.5 Å². The number of ether oxygens (including phenoxy) is 2. The number of aryl methyl sites for hydroxylation is 2. The van der Waals surface area contributed by atoms with Crippen LogP contribution in [0.25, 0.3) is 0 Å². The van der Waals surface area contributed by atoms with Crippen molar-refractivity contribution in [3.63, 3.8) is 0 Å². The van der Waals surface area contributed by atoms with Crippen molar-refractivity contribution in [1.82, 2.24) is 0 Å². The molecule has 128 valence electrons. The number of hydrogen-bond acceptors (Lipinski definition) is 3. The van der Waals surface area contributed by atoms with E-state index in [-0.39, 0.29) is 12.5 Å².